The zero-order valence-corrected chi connectivity index (χ0v) is 13.8. The molecule has 1 amide bonds. The number of rotatable bonds is 5. The molecule has 5 nitrogen and oxygen atoms in total. The molecule has 1 aromatic heterocycles. The number of nitrogens with zero attached hydrogens (tertiary/aromatic N) is 1. The lowest BCUT2D eigenvalue weighted by Crippen LogP contribution is -2.34. The van der Waals surface area contributed by atoms with Gasteiger partial charge in [0.05, 0.1) is 0 Å². The van der Waals surface area contributed by atoms with Crippen LogP contribution in [0.1, 0.15) is 24.7 Å². The first-order valence-corrected chi connectivity index (χ1v) is 7.55. The molecular formula is C15H18BrN3O2. The average Bonchev–Trinajstić information content (AvgIpc) is 2.83. The van der Waals surface area contributed by atoms with E-state index in [1.807, 2.05) is 32.0 Å². The van der Waals surface area contributed by atoms with E-state index in [4.69, 9.17) is 4.52 Å². The quantitative estimate of drug-likeness (QED) is 0.857. The maximum absolute atomic E-state index is 12.3. The predicted molar refractivity (Wildman–Crippen MR) is 86.5 cm³/mol. The van der Waals surface area contributed by atoms with Crippen LogP contribution in [0.25, 0.3) is 0 Å². The molecule has 1 atom stereocenters. The smallest absolute Gasteiger partial charge is 0.248 e. The largest absolute Gasteiger partial charge is 0.373 e. The molecule has 21 heavy (non-hydrogen) atoms. The van der Waals surface area contributed by atoms with E-state index < -0.39 is 0 Å². The number of nitrogens with one attached hydrogen (secondary N) is 2. The number of halogens is 1. The first kappa shape index (κ1) is 15.6. The Balaban J connectivity index is 2.06. The van der Waals surface area contributed by atoms with E-state index in [1.54, 1.807) is 13.0 Å². The minimum absolute atomic E-state index is 0.131. The minimum atomic E-state index is -0.332. The fraction of sp³-hybridized carbons (Fsp3) is 0.333. The van der Waals surface area contributed by atoms with E-state index >= 15 is 0 Å². The van der Waals surface area contributed by atoms with Crippen LogP contribution in [0.2, 0.25) is 0 Å². The molecule has 0 radical (unpaired) electrons. The van der Waals surface area contributed by atoms with Crippen LogP contribution >= 0.6 is 15.9 Å². The van der Waals surface area contributed by atoms with Crippen LogP contribution in [-0.4, -0.2) is 17.1 Å². The number of hydrogen-bond acceptors (Lipinski definition) is 4. The van der Waals surface area contributed by atoms with Crippen LogP contribution in [0.15, 0.2) is 33.3 Å². The molecule has 1 unspecified atom stereocenters. The molecule has 0 spiro atoms. The van der Waals surface area contributed by atoms with Crippen molar-refractivity contribution in [3.63, 3.8) is 0 Å². The maximum Gasteiger partial charge on any atom is 0.248 e. The van der Waals surface area contributed by atoms with Gasteiger partial charge in [-0.25, -0.2) is 0 Å². The van der Waals surface area contributed by atoms with Gasteiger partial charge in [0.1, 0.15) is 11.8 Å². The van der Waals surface area contributed by atoms with E-state index in [0.29, 0.717) is 18.0 Å². The van der Waals surface area contributed by atoms with Gasteiger partial charge in [0.2, 0.25) is 5.91 Å². The summed E-state index contributed by atoms with van der Waals surface area (Å²) in [4.78, 5) is 12.3. The number of amides is 1. The van der Waals surface area contributed by atoms with Gasteiger partial charge in [0.15, 0.2) is 5.82 Å². The summed E-state index contributed by atoms with van der Waals surface area (Å²) in [5.41, 5.74) is 2.02. The van der Waals surface area contributed by atoms with Gasteiger partial charge >= 0.3 is 0 Å². The molecular weight excluding hydrogens is 334 g/mol. The van der Waals surface area contributed by atoms with Crippen molar-refractivity contribution in [1.29, 1.82) is 0 Å². The molecule has 2 N–H and O–H groups in total. The Labute approximate surface area is 132 Å². The van der Waals surface area contributed by atoms with Gasteiger partial charge < -0.3 is 15.2 Å². The van der Waals surface area contributed by atoms with Crippen molar-refractivity contribution in [2.45, 2.75) is 33.2 Å². The highest BCUT2D eigenvalue weighted by atomic mass is 79.9. The molecule has 0 aliphatic carbocycles. The number of anilines is 2. The second-order valence-electron chi connectivity index (χ2n) is 4.88. The summed E-state index contributed by atoms with van der Waals surface area (Å²) in [5.74, 6) is 0.966. The molecule has 0 aliphatic heterocycles. The van der Waals surface area contributed by atoms with Gasteiger partial charge in [-0.05, 0) is 44.0 Å². The van der Waals surface area contributed by atoms with Gasteiger partial charge in [0.25, 0.3) is 0 Å². The van der Waals surface area contributed by atoms with Crippen molar-refractivity contribution in [2.75, 3.05) is 10.6 Å². The summed E-state index contributed by atoms with van der Waals surface area (Å²) in [6, 6.07) is 7.27. The van der Waals surface area contributed by atoms with Gasteiger partial charge in [0, 0.05) is 16.2 Å². The van der Waals surface area contributed by atoms with Crippen molar-refractivity contribution in [3.05, 3.63) is 40.1 Å². The van der Waals surface area contributed by atoms with Crippen molar-refractivity contribution in [2.24, 2.45) is 0 Å². The first-order chi connectivity index (χ1) is 9.99. The summed E-state index contributed by atoms with van der Waals surface area (Å²) in [6.45, 7) is 5.74. The molecule has 2 rings (SSSR count). The summed E-state index contributed by atoms with van der Waals surface area (Å²) < 4.78 is 5.95. The van der Waals surface area contributed by atoms with Crippen LogP contribution < -0.4 is 10.6 Å². The molecule has 2 aromatic rings. The van der Waals surface area contributed by atoms with Crippen molar-refractivity contribution in [1.82, 2.24) is 5.16 Å². The minimum Gasteiger partial charge on any atom is -0.373 e. The third-order valence-corrected chi connectivity index (χ3v) is 3.62. The second kappa shape index (κ2) is 6.76. The van der Waals surface area contributed by atoms with Gasteiger partial charge in [-0.15, -0.1) is 0 Å². The zero-order valence-electron chi connectivity index (χ0n) is 12.2. The van der Waals surface area contributed by atoms with E-state index in [9.17, 15) is 4.79 Å². The SMILES string of the molecule is CCC(Nc1ccc(Br)cc1C)C(=O)Nc1cc(C)on1. The maximum atomic E-state index is 12.3. The molecule has 0 aliphatic rings. The number of carbonyl (C=O) groups excluding carboxylic acids is 1. The van der Waals surface area contributed by atoms with E-state index in [0.717, 1.165) is 15.7 Å². The summed E-state index contributed by atoms with van der Waals surface area (Å²) >= 11 is 3.43. The molecule has 6 heteroatoms. The summed E-state index contributed by atoms with van der Waals surface area (Å²) in [5, 5.41) is 9.78. The Hall–Kier alpha value is -1.82. The lowest BCUT2D eigenvalue weighted by molar-refractivity contribution is -0.117. The van der Waals surface area contributed by atoms with Crippen LogP contribution in [-0.2, 0) is 4.79 Å². The van der Waals surface area contributed by atoms with Gasteiger partial charge in [-0.1, -0.05) is 28.0 Å². The molecule has 1 heterocycles. The van der Waals surface area contributed by atoms with Crippen molar-refractivity contribution in [3.8, 4) is 0 Å². The number of hydrogen-bond donors (Lipinski definition) is 2. The molecule has 1 aromatic carbocycles. The van der Waals surface area contributed by atoms with E-state index in [2.05, 4.69) is 31.7 Å². The molecule has 0 fully saturated rings. The first-order valence-electron chi connectivity index (χ1n) is 6.76. The summed E-state index contributed by atoms with van der Waals surface area (Å²) in [7, 11) is 0. The van der Waals surface area contributed by atoms with Crippen LogP contribution in [0.5, 0.6) is 0 Å². The molecule has 112 valence electrons. The van der Waals surface area contributed by atoms with Crippen molar-refractivity contribution >= 4 is 33.3 Å². The predicted octanol–water partition coefficient (Wildman–Crippen LogP) is 3.88. The molecule has 0 bridgehead atoms. The third-order valence-electron chi connectivity index (χ3n) is 3.12. The van der Waals surface area contributed by atoms with E-state index in [1.165, 1.54) is 0 Å². The summed E-state index contributed by atoms with van der Waals surface area (Å²) in [6.07, 6.45) is 0.665. The fourth-order valence-electron chi connectivity index (χ4n) is 1.97. The zero-order chi connectivity index (χ0) is 15.4. The monoisotopic (exact) mass is 351 g/mol. The lowest BCUT2D eigenvalue weighted by atomic mass is 10.1. The number of aryl methyl sites for hydroxylation is 2. The average molecular weight is 352 g/mol. The third kappa shape index (κ3) is 4.07. The number of benzene rings is 1. The second-order valence-corrected chi connectivity index (χ2v) is 5.79. The van der Waals surface area contributed by atoms with Crippen molar-refractivity contribution < 1.29 is 9.32 Å². The lowest BCUT2D eigenvalue weighted by Gasteiger charge is -2.18. The van der Waals surface area contributed by atoms with Crippen LogP contribution in [0.3, 0.4) is 0 Å². The number of carbonyl (C=O) groups is 1. The fourth-order valence-corrected chi connectivity index (χ4v) is 2.44. The Bertz CT molecular complexity index is 640. The highest BCUT2D eigenvalue weighted by molar-refractivity contribution is 9.10. The Kier molecular flexibility index (Phi) is 5.01. The number of aromatic nitrogens is 1. The van der Waals surface area contributed by atoms with Gasteiger partial charge in [-0.3, -0.25) is 4.79 Å². The standard InChI is InChI=1S/C15H18BrN3O2/c1-4-12(15(20)18-14-8-10(3)21-19-14)17-13-6-5-11(16)7-9(13)2/h5-8,12,17H,4H2,1-3H3,(H,18,19,20). The van der Waals surface area contributed by atoms with Crippen LogP contribution in [0, 0.1) is 13.8 Å². The highest BCUT2D eigenvalue weighted by Gasteiger charge is 2.18. The highest BCUT2D eigenvalue weighted by Crippen LogP contribution is 2.21. The Morgan fingerprint density at radius 2 is 2.14 bits per heavy atom. The van der Waals surface area contributed by atoms with Crippen LogP contribution in [0.4, 0.5) is 11.5 Å². The van der Waals surface area contributed by atoms with Gasteiger partial charge in [-0.2, -0.15) is 0 Å². The normalized spacial score (nSPS) is 12.0. The topological polar surface area (TPSA) is 67.2 Å². The Morgan fingerprint density at radius 1 is 1.38 bits per heavy atom. The van der Waals surface area contributed by atoms with E-state index in [-0.39, 0.29) is 11.9 Å². The molecule has 0 saturated carbocycles. The molecule has 0 saturated heterocycles. The Morgan fingerprint density at radius 3 is 2.71 bits per heavy atom.